The maximum absolute atomic E-state index is 14.6. The second-order valence-electron chi connectivity index (χ2n) is 27.4. The van der Waals surface area contributed by atoms with Crippen LogP contribution in [0.2, 0.25) is 0 Å². The van der Waals surface area contributed by atoms with Gasteiger partial charge in [0.15, 0.2) is 5.96 Å². The molecule has 25 N–H and O–H groups in total. The van der Waals surface area contributed by atoms with Crippen LogP contribution >= 0.6 is 0 Å². The average molecular weight is 1500 g/mol. The summed E-state index contributed by atoms with van der Waals surface area (Å²) in [5.74, 6) is -14.8. The van der Waals surface area contributed by atoms with Crippen LogP contribution < -0.4 is 87.2 Å². The number of nitrogens with zero attached hydrogens (tertiary/aromatic N) is 1. The fraction of sp³-hybridized carbons (Fsp3) is 0.562. The fourth-order valence-corrected chi connectivity index (χ4v) is 11.2. The Kier molecular flexibility index (Phi) is 40.2. The molecule has 3 rings (SSSR count). The van der Waals surface area contributed by atoms with Crippen molar-refractivity contribution >= 4 is 82.9 Å². The number of carbonyl (C=O) groups excluding carboxylic acids is 11. The highest BCUT2D eigenvalue weighted by molar-refractivity contribution is 6.00. The van der Waals surface area contributed by atoms with Crippen LogP contribution in [0.25, 0.3) is 0 Å². The van der Waals surface area contributed by atoms with Crippen molar-refractivity contribution in [2.24, 2.45) is 51.4 Å². The van der Waals surface area contributed by atoms with Crippen molar-refractivity contribution in [2.75, 3.05) is 19.6 Å². The summed E-state index contributed by atoms with van der Waals surface area (Å²) >= 11 is 0. The van der Waals surface area contributed by atoms with Crippen molar-refractivity contribution in [3.05, 3.63) is 102 Å². The number of carboxylic acids is 2. The molecule has 0 radical (unpaired) electrons. The fourth-order valence-electron chi connectivity index (χ4n) is 11.2. The molecular formula is C73H113N17O17. The Labute approximate surface area is 624 Å². The molecule has 34 heteroatoms. The number of rotatable bonds is 49. The number of hydrogen-bond acceptors (Lipinski definition) is 19. The van der Waals surface area contributed by atoms with E-state index >= 15 is 0 Å². The van der Waals surface area contributed by atoms with E-state index in [2.05, 4.69) is 63.5 Å². The van der Waals surface area contributed by atoms with Gasteiger partial charge in [0.05, 0.1) is 18.6 Å². The summed E-state index contributed by atoms with van der Waals surface area (Å²) in [4.78, 5) is 185. The molecule has 592 valence electrons. The number of nitrogens with one attached hydrogen (secondary N) is 11. The molecule has 0 bridgehead atoms. The number of carbonyl (C=O) groups is 13. The van der Waals surface area contributed by atoms with Gasteiger partial charge in [0.1, 0.15) is 72.2 Å². The van der Waals surface area contributed by atoms with Crippen molar-refractivity contribution in [1.82, 2.24) is 58.5 Å². The molecule has 34 nitrogen and oxygen atoms in total. The Hall–Kier alpha value is -10.3. The summed E-state index contributed by atoms with van der Waals surface area (Å²) in [7, 11) is 0. The van der Waals surface area contributed by atoms with Crippen LogP contribution in [-0.4, -0.2) is 202 Å². The number of benzene rings is 3. The minimum Gasteiger partial charge on any atom is -0.508 e. The monoisotopic (exact) mass is 1500 g/mol. The van der Waals surface area contributed by atoms with E-state index in [9.17, 15) is 82.8 Å². The van der Waals surface area contributed by atoms with Gasteiger partial charge in [-0.25, -0.2) is 4.79 Å². The molecular weight excluding hydrogens is 1390 g/mol. The summed E-state index contributed by atoms with van der Waals surface area (Å²) in [6.07, 6.45) is -1.33. The number of aromatic hydroxyl groups is 1. The van der Waals surface area contributed by atoms with Gasteiger partial charge in [0.2, 0.25) is 65.0 Å². The number of phenols is 1. The van der Waals surface area contributed by atoms with Gasteiger partial charge in [0.25, 0.3) is 0 Å². The maximum Gasteiger partial charge on any atom is 0.326 e. The normalized spacial score (nSPS) is 15.1. The summed E-state index contributed by atoms with van der Waals surface area (Å²) < 4.78 is 0. The number of amides is 11. The predicted molar refractivity (Wildman–Crippen MR) is 398 cm³/mol. The van der Waals surface area contributed by atoms with Crippen molar-refractivity contribution in [3.8, 4) is 5.75 Å². The van der Waals surface area contributed by atoms with Crippen molar-refractivity contribution in [1.29, 1.82) is 0 Å². The van der Waals surface area contributed by atoms with Crippen LogP contribution in [0.15, 0.2) is 89.9 Å². The first kappa shape index (κ1) is 90.9. The van der Waals surface area contributed by atoms with Crippen LogP contribution in [-0.2, 0) is 81.6 Å². The van der Waals surface area contributed by atoms with E-state index in [1.165, 1.54) is 26.0 Å². The first-order valence-corrected chi connectivity index (χ1v) is 36.1. The third-order valence-corrected chi connectivity index (χ3v) is 17.5. The summed E-state index contributed by atoms with van der Waals surface area (Å²) in [6, 6.07) is 5.17. The summed E-state index contributed by atoms with van der Waals surface area (Å²) in [5.41, 5.74) is 30.7. The number of aliphatic imine (C=N–C) groups is 1. The molecule has 0 spiro atoms. The van der Waals surface area contributed by atoms with Crippen LogP contribution in [0.4, 0.5) is 0 Å². The lowest BCUT2D eigenvalue weighted by Gasteiger charge is -2.30. The van der Waals surface area contributed by atoms with Gasteiger partial charge in [-0.3, -0.25) is 62.5 Å². The average Bonchev–Trinajstić information content (AvgIpc) is 0.860. The van der Waals surface area contributed by atoms with E-state index < -0.39 is 174 Å². The smallest absolute Gasteiger partial charge is 0.326 e. The Bertz CT molecular complexity index is 3420. The molecule has 0 saturated heterocycles. The number of aliphatic carboxylic acids is 2. The zero-order valence-electron chi connectivity index (χ0n) is 62.3. The molecule has 11 amide bonds. The van der Waals surface area contributed by atoms with E-state index in [4.69, 9.17) is 28.7 Å². The van der Waals surface area contributed by atoms with Crippen LogP contribution in [0.5, 0.6) is 5.75 Å². The summed E-state index contributed by atoms with van der Waals surface area (Å²) in [5, 5.41) is 68.7. The molecule has 0 fully saturated rings. The molecule has 0 aliphatic heterocycles. The van der Waals surface area contributed by atoms with E-state index in [-0.39, 0.29) is 101 Å². The second kappa shape index (κ2) is 47.3. The molecule has 0 aliphatic carbocycles. The van der Waals surface area contributed by atoms with Crippen molar-refractivity contribution < 1.29 is 82.8 Å². The predicted octanol–water partition coefficient (Wildman–Crippen LogP) is -1.90. The molecule has 0 saturated carbocycles. The number of hydrogen-bond donors (Lipinski definition) is 20. The number of phenolic OH excluding ortho intramolecular Hbond substituents is 1. The standard InChI is InChI=1S/C73H113N17O17/c1-9-42(6)59(70(104)90-60(44(8)91)71(105)87-56(72(106)107)38-46-23-14-11-15-24-46)89-68(102)55(39-57(93)94)86-67(101)54(37-45-21-12-10-13-22-45)84-61(95)43(7)80-63(97)50(25-16-18-32-74)81-64(98)51(26-17-19-33-75)82-66(100)53(35-40(2)3)85-65(99)52(27-20-34-79-73(77)78)83-69(103)58(41(4)5)88-62(96)49(76)36-47-28-30-48(92)31-29-47/h10-15,21-24,28-31,40-44,49-56,58-60,91-92H,9,16-20,25-27,32-39,74-76H2,1-8H3,(H,80,97)(H,81,98)(H,82,100)(H,83,103)(H,84,95)(H,85,99)(H,86,101)(H,87,105)(H,88,96)(H,89,102)(H,90,104)(H,93,94)(H,106,107)(H4,77,78,79)/t42-,43-,44+,49-,50-,51-,52-,53-,54-,55-,56-,58-,59-,60-/m0/s1. The molecule has 0 heterocycles. The minimum atomic E-state index is -1.92. The van der Waals surface area contributed by atoms with Crippen molar-refractivity contribution in [2.45, 2.75) is 224 Å². The highest BCUT2D eigenvalue weighted by Crippen LogP contribution is 2.17. The van der Waals surface area contributed by atoms with Crippen LogP contribution in [0.1, 0.15) is 143 Å². The SMILES string of the molecule is CC[C@H](C)[C@H](NC(=O)[C@H](CC(=O)O)NC(=O)[C@H](Cc1ccccc1)NC(=O)[C@H](C)NC(=O)[C@H](CCCCN)NC(=O)[C@H](CCCCN)NC(=O)[C@H](CC(C)C)NC(=O)[C@H](CCCN=C(N)N)NC(=O)[C@@H](NC(=O)[C@@H](N)Cc1ccc(O)cc1)C(C)C)C(=O)N[C@H](C(=O)N[C@@H](Cc1ccccc1)C(=O)O)[C@@H](C)O. The molecule has 3 aromatic carbocycles. The minimum absolute atomic E-state index is 0.0103. The van der Waals surface area contributed by atoms with Crippen LogP contribution in [0, 0.1) is 17.8 Å². The lowest BCUT2D eigenvalue weighted by atomic mass is 9.96. The van der Waals surface area contributed by atoms with Crippen LogP contribution in [0.3, 0.4) is 0 Å². The third kappa shape index (κ3) is 33.3. The highest BCUT2D eigenvalue weighted by atomic mass is 16.4. The molecule has 14 atom stereocenters. The number of guanidine groups is 1. The van der Waals surface area contributed by atoms with Gasteiger partial charge in [-0.05, 0) is 138 Å². The van der Waals surface area contributed by atoms with E-state index in [0.29, 0.717) is 36.0 Å². The number of carboxylic acid groups (broad SMARTS) is 2. The number of aliphatic hydroxyl groups is 1. The first-order valence-electron chi connectivity index (χ1n) is 36.1. The zero-order chi connectivity index (χ0) is 80.0. The molecule has 107 heavy (non-hydrogen) atoms. The summed E-state index contributed by atoms with van der Waals surface area (Å²) in [6.45, 7) is 13.0. The van der Waals surface area contributed by atoms with Gasteiger partial charge >= 0.3 is 11.9 Å². The lowest BCUT2D eigenvalue weighted by Crippen LogP contribution is -2.62. The molecule has 0 aliphatic rings. The molecule has 3 aromatic rings. The van der Waals surface area contributed by atoms with E-state index in [1.807, 2.05) is 0 Å². The Morgan fingerprint density at radius 1 is 0.430 bits per heavy atom. The zero-order valence-corrected chi connectivity index (χ0v) is 62.3. The highest BCUT2D eigenvalue weighted by Gasteiger charge is 2.39. The first-order chi connectivity index (χ1) is 50.6. The molecule has 0 unspecified atom stereocenters. The second-order valence-corrected chi connectivity index (χ2v) is 27.4. The Morgan fingerprint density at radius 3 is 1.31 bits per heavy atom. The molecule has 0 aromatic heterocycles. The number of unbranched alkanes of at least 4 members (excludes halogenated alkanes) is 2. The topological polar surface area (TPSA) is 578 Å². The Balaban J connectivity index is 1.90. The lowest BCUT2D eigenvalue weighted by molar-refractivity contribution is -0.143. The number of nitrogens with two attached hydrogens (primary N) is 5. The third-order valence-electron chi connectivity index (χ3n) is 17.5. The largest absolute Gasteiger partial charge is 0.508 e. The number of aliphatic hydroxyl groups excluding tert-OH is 1. The van der Waals surface area contributed by atoms with Gasteiger partial charge in [-0.2, -0.15) is 0 Å². The van der Waals surface area contributed by atoms with E-state index in [0.717, 1.165) is 0 Å². The van der Waals surface area contributed by atoms with Gasteiger partial charge < -0.3 is 108 Å². The van der Waals surface area contributed by atoms with Crippen molar-refractivity contribution in [3.63, 3.8) is 0 Å². The Morgan fingerprint density at radius 2 is 0.832 bits per heavy atom. The van der Waals surface area contributed by atoms with E-state index in [1.54, 1.807) is 114 Å². The maximum atomic E-state index is 14.6. The van der Waals surface area contributed by atoms with Gasteiger partial charge in [-0.1, -0.05) is 121 Å². The van der Waals surface area contributed by atoms with Gasteiger partial charge in [0, 0.05) is 19.4 Å². The quantitative estimate of drug-likeness (QED) is 0.0167. The van der Waals surface area contributed by atoms with Gasteiger partial charge in [-0.15, -0.1) is 0 Å².